The minimum Gasteiger partial charge on any atom is -0.300 e. The van der Waals surface area contributed by atoms with Crippen molar-refractivity contribution >= 4 is 0 Å². The van der Waals surface area contributed by atoms with Gasteiger partial charge in [-0.25, -0.2) is 4.98 Å². The molecule has 0 N–H and O–H groups in total. The Morgan fingerprint density at radius 2 is 1.17 bits per heavy atom. The zero-order chi connectivity index (χ0) is 33.6. The second kappa shape index (κ2) is 12.9. The molecule has 0 bridgehead atoms. The zero-order valence-corrected chi connectivity index (χ0v) is 30.4. The molecule has 0 amide bonds. The third-order valence-corrected chi connectivity index (χ3v) is 10.9. The molecule has 1 heterocycles. The average molecular weight is 623 g/mol. The summed E-state index contributed by atoms with van der Waals surface area (Å²) in [6.45, 7) is 23.3. The molecule has 1 saturated carbocycles. The van der Waals surface area contributed by atoms with Gasteiger partial charge in [-0.3, -0.25) is 4.57 Å². The number of hydrogen-bond acceptors (Lipinski definition) is 1. The number of aromatic nitrogens is 2. The van der Waals surface area contributed by atoms with Gasteiger partial charge in [0.05, 0.1) is 0 Å². The summed E-state index contributed by atoms with van der Waals surface area (Å²) in [6, 6.07) is 30.2. The van der Waals surface area contributed by atoms with Crippen LogP contribution in [0.15, 0.2) is 91.3 Å². The maximum Gasteiger partial charge on any atom is 0.144 e. The van der Waals surface area contributed by atoms with Crippen LogP contribution in [0.1, 0.15) is 134 Å². The second-order valence-corrected chi connectivity index (χ2v) is 15.4. The molecule has 6 rings (SSSR count). The van der Waals surface area contributed by atoms with Crippen LogP contribution in [0, 0.1) is 5.92 Å². The second-order valence-electron chi connectivity index (χ2n) is 15.4. The van der Waals surface area contributed by atoms with Crippen molar-refractivity contribution in [1.82, 2.24) is 9.55 Å². The Labute approximate surface area is 284 Å². The van der Waals surface area contributed by atoms with E-state index < -0.39 is 0 Å². The predicted molar refractivity (Wildman–Crippen MR) is 202 cm³/mol. The molecule has 2 nitrogen and oxygen atoms in total. The van der Waals surface area contributed by atoms with E-state index in [1.165, 1.54) is 68.5 Å². The van der Waals surface area contributed by atoms with Crippen LogP contribution in [0.2, 0.25) is 0 Å². The molecule has 0 saturated heterocycles. The van der Waals surface area contributed by atoms with Gasteiger partial charge in [-0.05, 0) is 110 Å². The van der Waals surface area contributed by atoms with Gasteiger partial charge >= 0.3 is 0 Å². The van der Waals surface area contributed by atoms with Crippen molar-refractivity contribution < 1.29 is 0 Å². The Morgan fingerprint density at radius 1 is 0.681 bits per heavy atom. The van der Waals surface area contributed by atoms with Crippen molar-refractivity contribution in [1.29, 1.82) is 0 Å². The fourth-order valence-electron chi connectivity index (χ4n) is 8.03. The molecular formula is C45H54N2. The highest BCUT2D eigenvalue weighted by Gasteiger charge is 2.51. The Balaban J connectivity index is 1.50. The monoisotopic (exact) mass is 622 g/mol. The molecule has 2 heteroatoms. The third kappa shape index (κ3) is 6.01. The van der Waals surface area contributed by atoms with Crippen molar-refractivity contribution in [2.24, 2.45) is 5.92 Å². The average Bonchev–Trinajstić information content (AvgIpc) is 3.49. The zero-order valence-electron chi connectivity index (χ0n) is 30.4. The SMILES string of the molecule is CC[C@H]1CC1(C)c1ccc(-c2c(C(C)C)cccc2C(C)C)cc1-c1nccn1-c1ccc(-c2c(C(C)C)cccc2C(C)C)cc1. The lowest BCUT2D eigenvalue weighted by atomic mass is 9.82. The molecule has 244 valence electrons. The van der Waals surface area contributed by atoms with Crippen LogP contribution in [-0.2, 0) is 5.41 Å². The van der Waals surface area contributed by atoms with E-state index in [1.807, 2.05) is 6.20 Å². The normalized spacial score (nSPS) is 17.8. The van der Waals surface area contributed by atoms with E-state index in [2.05, 4.69) is 159 Å². The quantitative estimate of drug-likeness (QED) is 0.151. The maximum absolute atomic E-state index is 5.08. The third-order valence-electron chi connectivity index (χ3n) is 10.9. The molecule has 47 heavy (non-hydrogen) atoms. The Hall–Kier alpha value is -3.91. The van der Waals surface area contributed by atoms with E-state index in [9.17, 15) is 0 Å². The van der Waals surface area contributed by atoms with E-state index in [-0.39, 0.29) is 5.41 Å². The van der Waals surface area contributed by atoms with Gasteiger partial charge in [-0.1, -0.05) is 136 Å². The van der Waals surface area contributed by atoms with Gasteiger partial charge in [0.2, 0.25) is 0 Å². The molecule has 1 aromatic heterocycles. The number of benzene rings is 4. The molecule has 1 unspecified atom stereocenters. The first kappa shape index (κ1) is 33.0. The van der Waals surface area contributed by atoms with Crippen LogP contribution in [0.25, 0.3) is 39.3 Å². The van der Waals surface area contributed by atoms with Crippen molar-refractivity contribution in [3.8, 4) is 39.3 Å². The molecule has 1 aliphatic rings. The summed E-state index contributed by atoms with van der Waals surface area (Å²) in [6.07, 6.45) is 6.55. The first-order valence-electron chi connectivity index (χ1n) is 18.0. The van der Waals surface area contributed by atoms with E-state index in [4.69, 9.17) is 4.98 Å². The van der Waals surface area contributed by atoms with E-state index >= 15 is 0 Å². The van der Waals surface area contributed by atoms with Gasteiger partial charge in [0, 0.05) is 23.6 Å². The standard InChI is InChI=1S/C45H54N2/c1-11-34-27-45(34,10)41-23-20-33(43-38(30(6)7)16-13-17-39(43)31(8)9)26-40(41)44-46-24-25-47(44)35-21-18-32(19-22-35)42-36(28(2)3)14-12-15-37(42)29(4)5/h12-26,28-31,34H,11,27H2,1-10H3/t34-,45?/m0/s1. The van der Waals surface area contributed by atoms with Crippen molar-refractivity contribution in [3.05, 3.63) is 119 Å². The van der Waals surface area contributed by atoms with E-state index in [0.717, 1.165) is 11.5 Å². The number of rotatable bonds is 10. The summed E-state index contributed by atoms with van der Waals surface area (Å²) >= 11 is 0. The van der Waals surface area contributed by atoms with E-state index in [1.54, 1.807) is 0 Å². The van der Waals surface area contributed by atoms with Gasteiger partial charge in [-0.15, -0.1) is 0 Å². The van der Waals surface area contributed by atoms with E-state index in [0.29, 0.717) is 29.6 Å². The van der Waals surface area contributed by atoms with Gasteiger partial charge in [-0.2, -0.15) is 0 Å². The lowest BCUT2D eigenvalue weighted by Gasteiger charge is -2.23. The number of hydrogen-bond donors (Lipinski definition) is 0. The molecule has 5 aromatic rings. The number of imidazole rings is 1. The van der Waals surface area contributed by atoms with Gasteiger partial charge in [0.15, 0.2) is 0 Å². The fraction of sp³-hybridized carbons (Fsp3) is 0.400. The highest BCUT2D eigenvalue weighted by Crippen LogP contribution is 2.58. The van der Waals surface area contributed by atoms with Crippen LogP contribution >= 0.6 is 0 Å². The summed E-state index contributed by atoms with van der Waals surface area (Å²) in [5.41, 5.74) is 15.0. The minimum atomic E-state index is 0.176. The first-order valence-corrected chi connectivity index (χ1v) is 18.0. The molecule has 1 fully saturated rings. The lowest BCUT2D eigenvalue weighted by Crippen LogP contribution is -2.09. The summed E-state index contributed by atoms with van der Waals surface area (Å²) in [5, 5.41) is 0. The summed E-state index contributed by atoms with van der Waals surface area (Å²) in [5.74, 6) is 3.53. The van der Waals surface area contributed by atoms with Crippen LogP contribution in [0.4, 0.5) is 0 Å². The van der Waals surface area contributed by atoms with Gasteiger partial charge in [0.1, 0.15) is 5.82 Å². The van der Waals surface area contributed by atoms with Crippen molar-refractivity contribution in [3.63, 3.8) is 0 Å². The molecule has 0 aliphatic heterocycles. The fourth-order valence-corrected chi connectivity index (χ4v) is 8.03. The first-order chi connectivity index (χ1) is 22.5. The highest BCUT2D eigenvalue weighted by molar-refractivity contribution is 5.80. The van der Waals surface area contributed by atoms with Crippen molar-refractivity contribution in [2.75, 3.05) is 0 Å². The number of nitrogens with zero attached hydrogens (tertiary/aromatic N) is 2. The highest BCUT2D eigenvalue weighted by atomic mass is 15.1. The van der Waals surface area contributed by atoms with Crippen molar-refractivity contribution in [2.45, 2.75) is 111 Å². The summed E-state index contributed by atoms with van der Waals surface area (Å²) in [7, 11) is 0. The van der Waals surface area contributed by atoms with Gasteiger partial charge < -0.3 is 0 Å². The maximum atomic E-state index is 5.08. The smallest absolute Gasteiger partial charge is 0.144 e. The van der Waals surface area contributed by atoms with Crippen LogP contribution in [-0.4, -0.2) is 9.55 Å². The molecular weight excluding hydrogens is 569 g/mol. The summed E-state index contributed by atoms with van der Waals surface area (Å²) < 4.78 is 2.30. The molecule has 0 radical (unpaired) electrons. The molecule has 4 aromatic carbocycles. The van der Waals surface area contributed by atoms with Crippen LogP contribution in [0.5, 0.6) is 0 Å². The Morgan fingerprint density at radius 3 is 1.64 bits per heavy atom. The summed E-state index contributed by atoms with van der Waals surface area (Å²) in [4.78, 5) is 5.08. The molecule has 2 atom stereocenters. The van der Waals surface area contributed by atoms with Crippen LogP contribution < -0.4 is 0 Å². The molecule has 0 spiro atoms. The Bertz CT molecular complexity index is 1810. The topological polar surface area (TPSA) is 17.8 Å². The minimum absolute atomic E-state index is 0.176. The van der Waals surface area contributed by atoms with Crippen LogP contribution in [0.3, 0.4) is 0 Å². The Kier molecular flexibility index (Phi) is 9.09. The predicted octanol–water partition coefficient (Wildman–Crippen LogP) is 13.1. The largest absolute Gasteiger partial charge is 0.300 e. The van der Waals surface area contributed by atoms with Gasteiger partial charge in [0.25, 0.3) is 0 Å². The lowest BCUT2D eigenvalue weighted by molar-refractivity contribution is 0.643. The molecule has 1 aliphatic carbocycles.